The summed E-state index contributed by atoms with van der Waals surface area (Å²) in [4.78, 5) is 23.1. The lowest BCUT2D eigenvalue weighted by Gasteiger charge is -2.08. The summed E-state index contributed by atoms with van der Waals surface area (Å²) < 4.78 is 7.24. The fraction of sp³-hybridized carbons (Fsp3) is 0.0833. The Morgan fingerprint density at radius 2 is 1.80 bits per heavy atom. The SMILES string of the molecule is O=C(Nc1nn(Cc2ccc(Cl)cc2Cl)cc1Cl)c1cccc(COc2ccc([N+](=O)[O-])cc2)c1. The van der Waals surface area contributed by atoms with E-state index in [0.717, 1.165) is 11.1 Å². The number of carbonyl (C=O) groups excluding carboxylic acids is 1. The van der Waals surface area contributed by atoms with Crippen molar-refractivity contribution in [2.75, 3.05) is 5.32 Å². The number of non-ortho nitro benzene ring substituents is 1. The summed E-state index contributed by atoms with van der Waals surface area (Å²) in [5, 5.41) is 19.1. The third kappa shape index (κ3) is 6.30. The number of ether oxygens (including phenoxy) is 1. The van der Waals surface area contributed by atoms with Gasteiger partial charge in [-0.3, -0.25) is 19.6 Å². The molecule has 1 heterocycles. The highest BCUT2D eigenvalue weighted by Gasteiger charge is 2.14. The van der Waals surface area contributed by atoms with Crippen LogP contribution in [0, 0.1) is 10.1 Å². The minimum Gasteiger partial charge on any atom is -0.489 e. The van der Waals surface area contributed by atoms with Crippen molar-refractivity contribution in [2.45, 2.75) is 13.2 Å². The zero-order valence-electron chi connectivity index (χ0n) is 18.0. The maximum atomic E-state index is 12.8. The van der Waals surface area contributed by atoms with Crippen LogP contribution >= 0.6 is 34.8 Å². The van der Waals surface area contributed by atoms with Crippen LogP contribution in [0.4, 0.5) is 11.5 Å². The van der Waals surface area contributed by atoms with E-state index in [1.54, 1.807) is 53.3 Å². The summed E-state index contributed by atoms with van der Waals surface area (Å²) in [5.74, 6) is 0.303. The number of aromatic nitrogens is 2. The molecule has 0 aliphatic heterocycles. The lowest BCUT2D eigenvalue weighted by atomic mass is 10.1. The summed E-state index contributed by atoms with van der Waals surface area (Å²) in [6.45, 7) is 0.525. The highest BCUT2D eigenvalue weighted by molar-refractivity contribution is 6.35. The van der Waals surface area contributed by atoms with Gasteiger partial charge in [0.15, 0.2) is 5.82 Å². The van der Waals surface area contributed by atoms with Gasteiger partial charge in [0.2, 0.25) is 0 Å². The molecule has 0 saturated carbocycles. The zero-order valence-corrected chi connectivity index (χ0v) is 20.2. The Balaban J connectivity index is 1.40. The molecule has 11 heteroatoms. The molecule has 1 amide bonds. The van der Waals surface area contributed by atoms with E-state index in [1.165, 1.54) is 24.3 Å². The minimum atomic E-state index is -0.478. The topological polar surface area (TPSA) is 99.3 Å². The van der Waals surface area contributed by atoms with Crippen LogP contribution in [0.2, 0.25) is 15.1 Å². The van der Waals surface area contributed by atoms with E-state index in [-0.39, 0.29) is 29.0 Å². The smallest absolute Gasteiger partial charge is 0.269 e. The molecule has 8 nitrogen and oxygen atoms in total. The molecule has 0 unspecified atom stereocenters. The van der Waals surface area contributed by atoms with Crippen LogP contribution in [-0.4, -0.2) is 20.6 Å². The number of nitro benzene ring substituents is 1. The minimum absolute atomic E-state index is 0.0200. The third-order valence-electron chi connectivity index (χ3n) is 4.94. The molecule has 0 bridgehead atoms. The van der Waals surface area contributed by atoms with Crippen LogP contribution in [0.5, 0.6) is 5.75 Å². The van der Waals surface area contributed by atoms with Gasteiger partial charge in [0.05, 0.1) is 11.5 Å². The van der Waals surface area contributed by atoms with Crippen molar-refractivity contribution >= 4 is 52.2 Å². The number of nitrogens with one attached hydrogen (secondary N) is 1. The van der Waals surface area contributed by atoms with Gasteiger partial charge in [-0.25, -0.2) is 0 Å². The average Bonchev–Trinajstić information content (AvgIpc) is 3.18. The van der Waals surface area contributed by atoms with Crippen molar-refractivity contribution in [1.82, 2.24) is 9.78 Å². The Kier molecular flexibility index (Phi) is 7.55. The van der Waals surface area contributed by atoms with E-state index in [2.05, 4.69) is 10.4 Å². The van der Waals surface area contributed by atoms with E-state index >= 15 is 0 Å². The number of hydrogen-bond donors (Lipinski definition) is 1. The molecule has 1 aromatic heterocycles. The first-order valence-electron chi connectivity index (χ1n) is 10.2. The summed E-state index contributed by atoms with van der Waals surface area (Å²) in [6, 6.07) is 17.8. The first-order chi connectivity index (χ1) is 16.8. The first-order valence-corrected chi connectivity index (χ1v) is 11.4. The fourth-order valence-electron chi connectivity index (χ4n) is 3.20. The van der Waals surface area contributed by atoms with E-state index in [9.17, 15) is 14.9 Å². The Morgan fingerprint density at radius 1 is 1.03 bits per heavy atom. The van der Waals surface area contributed by atoms with Crippen molar-refractivity contribution in [3.05, 3.63) is 115 Å². The Hall–Kier alpha value is -3.59. The largest absolute Gasteiger partial charge is 0.489 e. The molecule has 1 N–H and O–H groups in total. The Morgan fingerprint density at radius 3 is 2.51 bits per heavy atom. The average molecular weight is 532 g/mol. The van der Waals surface area contributed by atoms with Crippen LogP contribution in [0.15, 0.2) is 72.9 Å². The first kappa shape index (κ1) is 24.5. The van der Waals surface area contributed by atoms with Crippen molar-refractivity contribution in [1.29, 1.82) is 0 Å². The predicted molar refractivity (Wildman–Crippen MR) is 135 cm³/mol. The van der Waals surface area contributed by atoms with E-state index in [4.69, 9.17) is 39.5 Å². The molecule has 4 rings (SSSR count). The normalized spacial score (nSPS) is 10.7. The van der Waals surface area contributed by atoms with Crippen molar-refractivity contribution in [3.8, 4) is 5.75 Å². The van der Waals surface area contributed by atoms with Gasteiger partial charge in [0.25, 0.3) is 11.6 Å². The van der Waals surface area contributed by atoms with Crippen molar-refractivity contribution in [3.63, 3.8) is 0 Å². The standard InChI is InChI=1S/C24H17Cl3N4O4/c25-18-5-4-17(21(26)11-18)12-30-13-22(27)23(29-30)28-24(32)16-3-1-2-15(10-16)14-35-20-8-6-19(7-9-20)31(33)34/h1-11,13H,12,14H2,(H,28,29,32). The lowest BCUT2D eigenvalue weighted by molar-refractivity contribution is -0.384. The van der Waals surface area contributed by atoms with Gasteiger partial charge < -0.3 is 10.1 Å². The second kappa shape index (κ2) is 10.8. The maximum Gasteiger partial charge on any atom is 0.269 e. The molecule has 0 atom stereocenters. The van der Waals surface area contributed by atoms with Gasteiger partial charge >= 0.3 is 0 Å². The molecule has 0 aliphatic carbocycles. The number of anilines is 1. The molecule has 0 fully saturated rings. The van der Waals surface area contributed by atoms with Gasteiger partial charge in [-0.15, -0.1) is 0 Å². The molecule has 35 heavy (non-hydrogen) atoms. The summed E-state index contributed by atoms with van der Waals surface area (Å²) in [5.41, 5.74) is 1.91. The third-order valence-corrected chi connectivity index (χ3v) is 5.80. The molecule has 0 aliphatic rings. The molecule has 3 aromatic carbocycles. The second-order valence-electron chi connectivity index (χ2n) is 7.45. The van der Waals surface area contributed by atoms with Crippen LogP contribution in [0.3, 0.4) is 0 Å². The number of amides is 1. The lowest BCUT2D eigenvalue weighted by Crippen LogP contribution is -2.13. The molecule has 0 radical (unpaired) electrons. The summed E-state index contributed by atoms with van der Waals surface area (Å²) in [6.07, 6.45) is 1.59. The number of nitro groups is 1. The second-order valence-corrected chi connectivity index (χ2v) is 8.70. The molecule has 178 valence electrons. The van der Waals surface area contributed by atoms with Gasteiger partial charge in [-0.1, -0.05) is 53.0 Å². The van der Waals surface area contributed by atoms with Gasteiger partial charge in [-0.05, 0) is 47.5 Å². The molecule has 0 spiro atoms. The van der Waals surface area contributed by atoms with Gasteiger partial charge in [0, 0.05) is 33.9 Å². The van der Waals surface area contributed by atoms with Crippen LogP contribution in [0.25, 0.3) is 0 Å². The molecule has 0 saturated heterocycles. The number of benzene rings is 3. The van der Waals surface area contributed by atoms with Crippen molar-refractivity contribution in [2.24, 2.45) is 0 Å². The Bertz CT molecular complexity index is 1390. The van der Waals surface area contributed by atoms with Crippen LogP contribution in [0.1, 0.15) is 21.5 Å². The van der Waals surface area contributed by atoms with E-state index < -0.39 is 4.92 Å². The quantitative estimate of drug-likeness (QED) is 0.203. The zero-order chi connectivity index (χ0) is 24.9. The number of rotatable bonds is 8. The Labute approximate surface area is 215 Å². The highest BCUT2D eigenvalue weighted by atomic mass is 35.5. The number of nitrogens with zero attached hydrogens (tertiary/aromatic N) is 3. The van der Waals surface area contributed by atoms with Gasteiger partial charge in [0.1, 0.15) is 17.4 Å². The number of carbonyl (C=O) groups is 1. The monoisotopic (exact) mass is 530 g/mol. The predicted octanol–water partition coefficient (Wildman–Crippen LogP) is 6.63. The molecule has 4 aromatic rings. The van der Waals surface area contributed by atoms with Crippen LogP contribution in [-0.2, 0) is 13.2 Å². The summed E-state index contributed by atoms with van der Waals surface area (Å²) >= 11 is 18.4. The molecular formula is C24H17Cl3N4O4. The highest BCUT2D eigenvalue weighted by Crippen LogP contribution is 2.25. The molecular weight excluding hydrogens is 515 g/mol. The maximum absolute atomic E-state index is 12.8. The van der Waals surface area contributed by atoms with E-state index in [0.29, 0.717) is 27.9 Å². The van der Waals surface area contributed by atoms with Crippen molar-refractivity contribution < 1.29 is 14.5 Å². The fourth-order valence-corrected chi connectivity index (χ4v) is 3.87. The van der Waals surface area contributed by atoms with Gasteiger partial charge in [-0.2, -0.15) is 5.10 Å². The van der Waals surface area contributed by atoms with Crippen LogP contribution < -0.4 is 10.1 Å². The van der Waals surface area contributed by atoms with E-state index in [1.807, 2.05) is 0 Å². The summed E-state index contributed by atoms with van der Waals surface area (Å²) in [7, 11) is 0. The number of halogens is 3. The number of hydrogen-bond acceptors (Lipinski definition) is 5.